The number of thiazole rings is 1. The Hall–Kier alpha value is -1.11. The van der Waals surface area contributed by atoms with Crippen LogP contribution in [0.5, 0.6) is 0 Å². The number of methoxy groups -OCH3 is 1. The molecule has 20 heavy (non-hydrogen) atoms. The van der Waals surface area contributed by atoms with E-state index in [0.717, 1.165) is 19.4 Å². The van der Waals surface area contributed by atoms with Crippen molar-refractivity contribution < 1.29 is 9.53 Å². The lowest BCUT2D eigenvalue weighted by Gasteiger charge is -2.29. The van der Waals surface area contributed by atoms with Crippen molar-refractivity contribution in [2.75, 3.05) is 12.9 Å². The van der Waals surface area contributed by atoms with Crippen LogP contribution in [0.15, 0.2) is 35.4 Å². The number of thioether (sulfide) groups is 1. The summed E-state index contributed by atoms with van der Waals surface area (Å²) >= 11 is 8.45. The van der Waals surface area contributed by atoms with E-state index in [-0.39, 0.29) is 17.8 Å². The summed E-state index contributed by atoms with van der Waals surface area (Å²) in [6.45, 7) is 0. The topological polar surface area (TPSA) is 42.1 Å². The summed E-state index contributed by atoms with van der Waals surface area (Å²) in [6, 6.07) is 10.1. The van der Waals surface area contributed by atoms with Crippen molar-refractivity contribution in [1.29, 1.82) is 0 Å². The summed E-state index contributed by atoms with van der Waals surface area (Å²) in [5, 5.41) is 1.09. The highest BCUT2D eigenvalue weighted by Crippen LogP contribution is 2.46. The molecule has 1 aliphatic heterocycles. The quantitative estimate of drug-likeness (QED) is 0.674. The molecule has 1 aromatic heterocycles. The molecule has 0 fully saturated rings. The average molecular weight is 323 g/mol. The first-order valence-corrected chi connectivity index (χ1v) is 8.40. The van der Waals surface area contributed by atoms with Crippen LogP contribution in [0.1, 0.15) is 16.4 Å². The fourth-order valence-electron chi connectivity index (χ4n) is 2.49. The van der Waals surface area contributed by atoms with E-state index in [2.05, 4.69) is 17.1 Å². The summed E-state index contributed by atoms with van der Waals surface area (Å²) in [6.07, 6.45) is 0. The molecule has 2 atom stereocenters. The smallest absolute Gasteiger partial charge is 0.310 e. The molecule has 104 valence electrons. The minimum atomic E-state index is -0.165. The van der Waals surface area contributed by atoms with Crippen LogP contribution >= 0.6 is 35.3 Å². The third-order valence-electron chi connectivity index (χ3n) is 3.40. The second-order valence-electron chi connectivity index (χ2n) is 4.54. The van der Waals surface area contributed by atoms with Crippen molar-refractivity contribution in [1.82, 2.24) is 4.98 Å². The average Bonchev–Trinajstić information content (AvgIpc) is 2.86. The van der Waals surface area contributed by atoms with Gasteiger partial charge in [0.15, 0.2) is 3.95 Å². The molecular weight excluding hydrogens is 310 g/mol. The molecule has 6 heteroatoms. The fraction of sp³-hybridized carbons (Fsp3) is 0.286. The van der Waals surface area contributed by atoms with Crippen LogP contribution in [0.25, 0.3) is 0 Å². The van der Waals surface area contributed by atoms with Gasteiger partial charge in [0.25, 0.3) is 0 Å². The number of H-pyrrole nitrogens is 1. The first-order chi connectivity index (χ1) is 9.70. The molecule has 3 nitrogen and oxygen atoms in total. The molecule has 1 N–H and O–H groups in total. The number of aromatic amines is 1. The Labute approximate surface area is 130 Å². The third kappa shape index (κ3) is 2.43. The normalized spacial score (nSPS) is 21.2. The van der Waals surface area contributed by atoms with Crippen LogP contribution in [0.3, 0.4) is 0 Å². The van der Waals surface area contributed by atoms with Gasteiger partial charge in [0.2, 0.25) is 0 Å². The van der Waals surface area contributed by atoms with Gasteiger partial charge in [-0.15, -0.1) is 23.1 Å². The lowest BCUT2D eigenvalue weighted by Crippen LogP contribution is -2.29. The van der Waals surface area contributed by atoms with Gasteiger partial charge in [0, 0.05) is 16.5 Å². The fourth-order valence-corrected chi connectivity index (χ4v) is 5.33. The number of fused-ring (bicyclic) bond motifs is 1. The van der Waals surface area contributed by atoms with Crippen LogP contribution in [-0.4, -0.2) is 23.8 Å². The van der Waals surface area contributed by atoms with Gasteiger partial charge in [0.05, 0.1) is 18.1 Å². The maximum absolute atomic E-state index is 12.1. The number of aromatic nitrogens is 1. The molecule has 1 aromatic carbocycles. The third-order valence-corrected chi connectivity index (χ3v) is 5.98. The van der Waals surface area contributed by atoms with Crippen molar-refractivity contribution in [3.05, 3.63) is 44.7 Å². The largest absolute Gasteiger partial charge is 0.469 e. The van der Waals surface area contributed by atoms with Crippen molar-refractivity contribution in [3.63, 3.8) is 0 Å². The Kier molecular flexibility index (Phi) is 3.96. The second kappa shape index (κ2) is 5.71. The van der Waals surface area contributed by atoms with Gasteiger partial charge in [0.1, 0.15) is 0 Å². The molecule has 2 unspecified atom stereocenters. The molecule has 0 saturated carbocycles. The number of esters is 1. The zero-order valence-electron chi connectivity index (χ0n) is 10.8. The van der Waals surface area contributed by atoms with Crippen LogP contribution in [-0.2, 0) is 9.53 Å². The first-order valence-electron chi connectivity index (χ1n) is 6.19. The van der Waals surface area contributed by atoms with Crippen molar-refractivity contribution in [2.45, 2.75) is 10.9 Å². The second-order valence-corrected chi connectivity index (χ2v) is 7.29. The van der Waals surface area contributed by atoms with E-state index in [4.69, 9.17) is 17.0 Å². The van der Waals surface area contributed by atoms with E-state index in [9.17, 15) is 4.79 Å². The molecular formula is C14H13NO2S3. The van der Waals surface area contributed by atoms with Crippen LogP contribution in [0, 0.1) is 9.87 Å². The van der Waals surface area contributed by atoms with Gasteiger partial charge in [-0.25, -0.2) is 0 Å². The standard InChI is InChI=1S/C14H13NO2S3/c1-17-13(16)9-7-19-12-11(20-14(18)15-12)10(9)8-5-3-2-4-6-8/h2-6,9-10H,7H2,1H3,(H,15,18). The molecule has 0 bridgehead atoms. The monoisotopic (exact) mass is 323 g/mol. The van der Waals surface area contributed by atoms with E-state index < -0.39 is 0 Å². The summed E-state index contributed by atoms with van der Waals surface area (Å²) in [5.74, 6) is 0.414. The minimum absolute atomic E-state index is 0.0258. The summed E-state index contributed by atoms with van der Waals surface area (Å²) < 4.78 is 5.74. The van der Waals surface area contributed by atoms with Gasteiger partial charge >= 0.3 is 5.97 Å². The van der Waals surface area contributed by atoms with Crippen LogP contribution in [0.4, 0.5) is 0 Å². The molecule has 2 aromatic rings. The minimum Gasteiger partial charge on any atom is -0.469 e. The molecule has 0 radical (unpaired) electrons. The Morgan fingerprint density at radius 2 is 2.15 bits per heavy atom. The van der Waals surface area contributed by atoms with Crippen molar-refractivity contribution in [2.24, 2.45) is 5.92 Å². The maximum Gasteiger partial charge on any atom is 0.310 e. The number of hydrogen-bond donors (Lipinski definition) is 1. The molecule has 2 heterocycles. The van der Waals surface area contributed by atoms with Gasteiger partial charge in [-0.2, -0.15) is 0 Å². The highest BCUT2D eigenvalue weighted by molar-refractivity contribution is 7.99. The van der Waals surface area contributed by atoms with E-state index in [1.165, 1.54) is 7.11 Å². The van der Waals surface area contributed by atoms with E-state index in [0.29, 0.717) is 5.75 Å². The van der Waals surface area contributed by atoms with E-state index in [1.807, 2.05) is 18.2 Å². The van der Waals surface area contributed by atoms with Crippen molar-refractivity contribution >= 4 is 41.3 Å². The Bertz CT molecular complexity index is 677. The number of nitrogens with one attached hydrogen (secondary N) is 1. The zero-order valence-corrected chi connectivity index (χ0v) is 13.2. The maximum atomic E-state index is 12.1. The van der Waals surface area contributed by atoms with Gasteiger partial charge < -0.3 is 9.72 Å². The summed E-state index contributed by atoms with van der Waals surface area (Å²) in [7, 11) is 1.45. The SMILES string of the molecule is COC(=O)C1CSc2[nH]c(=S)sc2C1c1ccccc1. The van der Waals surface area contributed by atoms with Gasteiger partial charge in [-0.3, -0.25) is 4.79 Å². The van der Waals surface area contributed by atoms with Crippen LogP contribution in [0.2, 0.25) is 0 Å². The Morgan fingerprint density at radius 3 is 2.85 bits per heavy atom. The lowest BCUT2D eigenvalue weighted by molar-refractivity contribution is -0.145. The predicted molar refractivity (Wildman–Crippen MR) is 84.0 cm³/mol. The predicted octanol–water partition coefficient (Wildman–Crippen LogP) is 3.83. The van der Waals surface area contributed by atoms with E-state index >= 15 is 0 Å². The number of ether oxygens (including phenoxy) is 1. The summed E-state index contributed by atoms with van der Waals surface area (Å²) in [5.41, 5.74) is 1.13. The van der Waals surface area contributed by atoms with Crippen molar-refractivity contribution in [3.8, 4) is 0 Å². The number of carbonyl (C=O) groups is 1. The first kappa shape index (κ1) is 13.9. The van der Waals surface area contributed by atoms with Crippen LogP contribution < -0.4 is 0 Å². The number of rotatable bonds is 2. The molecule has 3 rings (SSSR count). The molecule has 1 aliphatic rings. The zero-order chi connectivity index (χ0) is 14.1. The summed E-state index contributed by atoms with van der Waals surface area (Å²) in [4.78, 5) is 16.5. The van der Waals surface area contributed by atoms with Gasteiger partial charge in [-0.05, 0) is 17.8 Å². The molecule has 0 amide bonds. The highest BCUT2D eigenvalue weighted by atomic mass is 32.2. The highest BCUT2D eigenvalue weighted by Gasteiger charge is 2.38. The molecule has 0 aliphatic carbocycles. The Balaban J connectivity index is 2.12. The molecule has 0 spiro atoms. The Morgan fingerprint density at radius 1 is 1.40 bits per heavy atom. The van der Waals surface area contributed by atoms with E-state index in [1.54, 1.807) is 23.1 Å². The number of benzene rings is 1. The lowest BCUT2D eigenvalue weighted by atomic mass is 9.86. The number of hydrogen-bond acceptors (Lipinski definition) is 5. The van der Waals surface area contributed by atoms with Gasteiger partial charge in [-0.1, -0.05) is 30.3 Å². The molecule has 0 saturated heterocycles. The number of carbonyl (C=O) groups excluding carboxylic acids is 1.